The molecule has 13 heteroatoms. The monoisotopic (exact) mass is 1050 g/mol. The average Bonchev–Trinajstić information content (AvgIpc) is 1.83. The second-order valence-electron chi connectivity index (χ2n) is 27.8. The molecular weight excluding hydrogens is 973 g/mol. The number of benzene rings is 1. The number of hydrogen-bond donors (Lipinski definition) is 4. The molecule has 10 fully saturated rings. The summed E-state index contributed by atoms with van der Waals surface area (Å²) in [6.07, 6.45) is 13.7. The number of aliphatic hydroxyl groups is 3. The van der Waals surface area contributed by atoms with E-state index >= 15 is 9.59 Å². The van der Waals surface area contributed by atoms with E-state index in [9.17, 15) is 20.1 Å². The lowest BCUT2D eigenvalue weighted by atomic mass is 9.30. The van der Waals surface area contributed by atoms with Crippen molar-refractivity contribution >= 4 is 17.7 Å². The van der Waals surface area contributed by atoms with Crippen LogP contribution in [0.2, 0.25) is 0 Å². The summed E-state index contributed by atoms with van der Waals surface area (Å²) < 4.78 is 35.6. The average molecular weight is 1060 g/mol. The van der Waals surface area contributed by atoms with Crippen molar-refractivity contribution < 1.29 is 53.1 Å². The minimum absolute atomic E-state index is 0.00341. The third kappa shape index (κ3) is 6.72. The number of nitrogens with one attached hydrogen (secondary N) is 1. The summed E-state index contributed by atoms with van der Waals surface area (Å²) in [7, 11) is 0. The molecule has 12 aliphatic rings. The van der Waals surface area contributed by atoms with Gasteiger partial charge in [-0.2, -0.15) is 0 Å². The van der Waals surface area contributed by atoms with Crippen LogP contribution in [0.4, 0.5) is 0 Å². The molecule has 0 radical (unpaired) electrons. The molecular formula is C64H82N2O11. The topological polar surface area (TPSA) is 181 Å². The fourth-order valence-corrected chi connectivity index (χ4v) is 21.1. The van der Waals surface area contributed by atoms with Crippen molar-refractivity contribution in [2.45, 2.75) is 184 Å². The van der Waals surface area contributed by atoms with Gasteiger partial charge in [-0.3, -0.25) is 14.9 Å². The minimum Gasteiger partial charge on any atom is -0.469 e. The SMILES string of the molecule is CC(C)CCC1(C)OC2C3(CCCC3)C(=O)OCC23C1C(=O)C(O)C12C4CC(Cc5ccccc5)CCC4C#CCC4(c5ccoc5CC(C(O)CO)C5CCC6C(C=CN7CNCC67)C5)OC(=O)C5OC51C4(C)CCC32. The van der Waals surface area contributed by atoms with Gasteiger partial charge in [0.2, 0.25) is 0 Å². The lowest BCUT2D eigenvalue weighted by Gasteiger charge is -2.72. The lowest BCUT2D eigenvalue weighted by molar-refractivity contribution is -0.301. The van der Waals surface area contributed by atoms with Gasteiger partial charge in [0.05, 0.1) is 55.1 Å². The summed E-state index contributed by atoms with van der Waals surface area (Å²) in [5.41, 5.74) is -6.38. The Hall–Kier alpha value is -4.03. The predicted molar refractivity (Wildman–Crippen MR) is 283 cm³/mol. The third-order valence-corrected chi connectivity index (χ3v) is 24.3. The van der Waals surface area contributed by atoms with Crippen molar-refractivity contribution in [3.63, 3.8) is 0 Å². The van der Waals surface area contributed by atoms with Gasteiger partial charge in [0.25, 0.3) is 0 Å². The second kappa shape index (κ2) is 18.0. The third-order valence-electron chi connectivity index (χ3n) is 24.3. The molecule has 20 unspecified atom stereocenters. The number of ether oxygens (including phenoxy) is 4. The summed E-state index contributed by atoms with van der Waals surface area (Å²) in [5.74, 6) is 6.36. The summed E-state index contributed by atoms with van der Waals surface area (Å²) in [5, 5.41) is 40.5. The number of carbonyl (C=O) groups excluding carboxylic acids is 3. The van der Waals surface area contributed by atoms with E-state index in [1.54, 1.807) is 6.26 Å². The van der Waals surface area contributed by atoms with E-state index in [1.807, 2.05) is 12.1 Å². The van der Waals surface area contributed by atoms with Gasteiger partial charge in [-0.25, -0.2) is 4.79 Å². The Morgan fingerprint density at radius 3 is 2.57 bits per heavy atom. The number of epoxide rings is 1. The number of fused-ring (bicyclic) bond motifs is 5. The smallest absolute Gasteiger partial charge is 0.339 e. The molecule has 6 aliphatic carbocycles. The molecule has 77 heavy (non-hydrogen) atoms. The molecule has 14 rings (SSSR count). The van der Waals surface area contributed by atoms with Crippen LogP contribution in [0.1, 0.15) is 141 Å². The highest BCUT2D eigenvalue weighted by atomic mass is 16.7. The van der Waals surface area contributed by atoms with Crippen LogP contribution in [-0.2, 0) is 51.8 Å². The number of allylic oxidation sites excluding steroid dienone is 1. The normalized spacial score (nSPS) is 46.3. The molecule has 1 aromatic carbocycles. The number of furan rings is 1. The first-order chi connectivity index (χ1) is 37.1. The van der Waals surface area contributed by atoms with Gasteiger partial charge < -0.3 is 43.6 Å². The fourth-order valence-electron chi connectivity index (χ4n) is 21.1. The van der Waals surface area contributed by atoms with E-state index in [1.165, 1.54) is 5.56 Å². The molecule has 4 bridgehead atoms. The zero-order chi connectivity index (χ0) is 53.1. The summed E-state index contributed by atoms with van der Waals surface area (Å²) in [6.45, 7) is 10.1. The number of hydrogen-bond acceptors (Lipinski definition) is 13. The van der Waals surface area contributed by atoms with Gasteiger partial charge in [0.1, 0.15) is 24.1 Å². The Morgan fingerprint density at radius 1 is 0.961 bits per heavy atom. The molecule has 2 aromatic rings. The Bertz CT molecular complexity index is 2780. The highest BCUT2D eigenvalue weighted by Gasteiger charge is 2.96. The number of ketones is 1. The molecule has 20 atom stereocenters. The zero-order valence-electron chi connectivity index (χ0n) is 45.8. The molecule has 414 valence electrons. The maximum absolute atomic E-state index is 16.7. The Morgan fingerprint density at radius 2 is 1.78 bits per heavy atom. The van der Waals surface area contributed by atoms with Gasteiger partial charge in [-0.15, -0.1) is 0 Å². The van der Waals surface area contributed by atoms with Crippen LogP contribution in [0, 0.1) is 92.7 Å². The number of rotatable bonds is 11. The van der Waals surface area contributed by atoms with Gasteiger partial charge in [0.15, 0.2) is 17.5 Å². The predicted octanol–water partition coefficient (Wildman–Crippen LogP) is 7.81. The van der Waals surface area contributed by atoms with E-state index in [2.05, 4.69) is 86.3 Å². The standard InChI is InChI=1S/C64H82N2O11/c1-37(2)18-25-58(3)52-51(69)53(70)63-46-30-39(29-38-11-6-5-7-12-38)14-15-40(46)13-10-24-62(45-21-28-73-49(45)32-44(48(68)34-67)41-16-17-43-42(31-41)20-27-66-36-65-33-47(43)66)59(4,64(63)54(75-64)55(71)76-62)26-19-50(63)61(52)35-74-57(72)60(56(61)77-58)22-8-9-23-60/h5-7,11-12,20-21,27-28,37,39-44,46-48,50,52-54,56,65,67-68,70H,8-9,14-19,22-26,29-36H2,1-4H3. The van der Waals surface area contributed by atoms with E-state index in [-0.39, 0.29) is 54.4 Å². The molecule has 5 saturated carbocycles. The molecule has 7 heterocycles. The first-order valence-electron chi connectivity index (χ1n) is 30.1. The molecule has 13 nitrogen and oxygen atoms in total. The van der Waals surface area contributed by atoms with Gasteiger partial charge >= 0.3 is 11.9 Å². The van der Waals surface area contributed by atoms with Crippen molar-refractivity contribution in [1.29, 1.82) is 0 Å². The van der Waals surface area contributed by atoms with Crippen LogP contribution in [0.3, 0.4) is 0 Å². The van der Waals surface area contributed by atoms with Crippen molar-refractivity contribution in [3.05, 3.63) is 71.8 Å². The summed E-state index contributed by atoms with van der Waals surface area (Å²) in [4.78, 5) is 49.4. The number of cyclic esters (lactones) is 1. The van der Waals surface area contributed by atoms with E-state index in [4.69, 9.17) is 23.4 Å². The second-order valence-corrected chi connectivity index (χ2v) is 27.8. The number of esters is 2. The van der Waals surface area contributed by atoms with Crippen LogP contribution < -0.4 is 5.32 Å². The van der Waals surface area contributed by atoms with E-state index in [0.29, 0.717) is 80.1 Å². The van der Waals surface area contributed by atoms with Crippen LogP contribution in [0.25, 0.3) is 0 Å². The lowest BCUT2D eigenvalue weighted by Crippen LogP contribution is -2.81. The number of aliphatic hydroxyl groups excluding tert-OH is 3. The molecule has 6 aliphatic heterocycles. The van der Waals surface area contributed by atoms with Gasteiger partial charge in [0, 0.05) is 46.7 Å². The van der Waals surface area contributed by atoms with Crippen LogP contribution in [0.5, 0.6) is 0 Å². The highest BCUT2D eigenvalue weighted by Crippen LogP contribution is 2.85. The molecule has 5 saturated heterocycles. The van der Waals surface area contributed by atoms with Crippen LogP contribution >= 0.6 is 0 Å². The Balaban J connectivity index is 0.934. The largest absolute Gasteiger partial charge is 0.469 e. The first-order valence-corrected chi connectivity index (χ1v) is 30.1. The van der Waals surface area contributed by atoms with E-state index in [0.717, 1.165) is 71.0 Å². The Kier molecular flexibility index (Phi) is 11.9. The zero-order valence-corrected chi connectivity index (χ0v) is 45.8. The fraction of sp³-hybridized carbons (Fsp3) is 0.734. The van der Waals surface area contributed by atoms with E-state index < -0.39 is 87.3 Å². The van der Waals surface area contributed by atoms with Crippen LogP contribution in [-0.4, -0.2) is 106 Å². The quantitative estimate of drug-likeness (QED) is 0.0974. The summed E-state index contributed by atoms with van der Waals surface area (Å²) in [6, 6.07) is 13.0. The highest BCUT2D eigenvalue weighted by molar-refractivity contribution is 5.93. The summed E-state index contributed by atoms with van der Waals surface area (Å²) >= 11 is 0. The maximum atomic E-state index is 16.7. The molecule has 4 spiro atoms. The van der Waals surface area contributed by atoms with Gasteiger partial charge in [-0.05, 0) is 156 Å². The Labute approximate surface area is 454 Å². The molecule has 0 amide bonds. The number of nitrogens with zero attached hydrogens (tertiary/aromatic N) is 1. The maximum Gasteiger partial charge on any atom is 0.339 e. The number of Topliss-reactive ketones (excluding diaryl/α,β-unsaturated/α-hetero) is 1. The van der Waals surface area contributed by atoms with Crippen molar-refractivity contribution in [2.24, 2.45) is 80.8 Å². The van der Waals surface area contributed by atoms with Crippen molar-refractivity contribution in [3.8, 4) is 11.8 Å². The van der Waals surface area contributed by atoms with Gasteiger partial charge in [-0.1, -0.05) is 81.9 Å². The van der Waals surface area contributed by atoms with Crippen molar-refractivity contribution in [1.82, 2.24) is 10.2 Å². The number of carbonyl (C=O) groups is 3. The molecule has 4 N–H and O–H groups in total. The minimum atomic E-state index is -1.55. The molecule has 1 aromatic heterocycles. The van der Waals surface area contributed by atoms with Crippen LogP contribution in [0.15, 0.2) is 59.4 Å². The first kappa shape index (κ1) is 51.1. The van der Waals surface area contributed by atoms with Crippen molar-refractivity contribution in [2.75, 3.05) is 26.4 Å².